The second-order valence-electron chi connectivity index (χ2n) is 10.1. The number of aryl methyl sites for hydroxylation is 1. The number of aromatic nitrogens is 4. The molecule has 3 aliphatic rings. The van der Waals surface area contributed by atoms with Gasteiger partial charge < -0.3 is 5.32 Å². The molecule has 10 heteroatoms. The van der Waals surface area contributed by atoms with Crippen molar-refractivity contribution >= 4 is 62.3 Å². The first-order valence-corrected chi connectivity index (χ1v) is 14.3. The van der Waals surface area contributed by atoms with Crippen LogP contribution in [0.25, 0.3) is 32.5 Å². The Morgan fingerprint density at radius 1 is 1.00 bits per heavy atom. The van der Waals surface area contributed by atoms with E-state index in [9.17, 15) is 9.59 Å². The molecule has 0 radical (unpaired) electrons. The normalized spacial score (nSPS) is 20.1. The van der Waals surface area contributed by atoms with E-state index in [1.807, 2.05) is 53.2 Å². The molecule has 2 aromatic carbocycles. The molecule has 8 nitrogen and oxygen atoms in total. The molecule has 1 N–H and O–H groups in total. The summed E-state index contributed by atoms with van der Waals surface area (Å²) in [6, 6.07) is 12.6. The van der Waals surface area contributed by atoms with Gasteiger partial charge in [-0.2, -0.15) is 5.10 Å². The number of imide groups is 1. The van der Waals surface area contributed by atoms with Gasteiger partial charge in [-0.15, -0.1) is 11.8 Å². The van der Waals surface area contributed by atoms with Crippen LogP contribution in [0.15, 0.2) is 73.5 Å². The first-order valence-electron chi connectivity index (χ1n) is 13.1. The molecule has 1 saturated heterocycles. The number of fused-ring (bicyclic) bond motifs is 5. The van der Waals surface area contributed by atoms with Gasteiger partial charge in [0.1, 0.15) is 11.6 Å². The van der Waals surface area contributed by atoms with Gasteiger partial charge in [0.2, 0.25) is 0 Å². The van der Waals surface area contributed by atoms with Crippen LogP contribution in [0.5, 0.6) is 0 Å². The van der Waals surface area contributed by atoms with Crippen LogP contribution in [0, 0.1) is 0 Å². The Bertz CT molecular complexity index is 1930. The summed E-state index contributed by atoms with van der Waals surface area (Å²) >= 11 is 8.32. The predicted molar refractivity (Wildman–Crippen MR) is 156 cm³/mol. The number of halogens is 1. The highest BCUT2D eigenvalue weighted by Gasteiger charge is 2.46. The summed E-state index contributed by atoms with van der Waals surface area (Å²) in [6.45, 7) is 0. The van der Waals surface area contributed by atoms with Crippen molar-refractivity contribution in [3.63, 3.8) is 0 Å². The van der Waals surface area contributed by atoms with Crippen LogP contribution in [0.3, 0.4) is 0 Å². The smallest absolute Gasteiger partial charge is 0.329 e. The van der Waals surface area contributed by atoms with Gasteiger partial charge >= 0.3 is 6.03 Å². The van der Waals surface area contributed by atoms with Crippen molar-refractivity contribution in [1.82, 2.24) is 24.9 Å². The molecule has 3 aromatic heterocycles. The minimum atomic E-state index is -0.528. The van der Waals surface area contributed by atoms with Crippen LogP contribution in [0.1, 0.15) is 23.1 Å². The summed E-state index contributed by atoms with van der Waals surface area (Å²) < 4.78 is 1.83. The van der Waals surface area contributed by atoms with E-state index >= 15 is 0 Å². The third kappa shape index (κ3) is 3.44. The lowest BCUT2D eigenvalue weighted by atomic mass is 9.94. The highest BCUT2D eigenvalue weighted by molar-refractivity contribution is 8.09. The second-order valence-corrected chi connectivity index (χ2v) is 11.7. The SMILES string of the molecule is O=C1NC2C=C(c3c(Cl)cccc3-c3cn4ncnc4c4c3CCC4)SC2C(=O)N1c1cncc2ccccc12. The van der Waals surface area contributed by atoms with E-state index in [1.54, 1.807) is 18.7 Å². The number of anilines is 1. The fourth-order valence-electron chi connectivity index (χ4n) is 6.18. The van der Waals surface area contributed by atoms with Crippen molar-refractivity contribution in [3.8, 4) is 11.1 Å². The summed E-state index contributed by atoms with van der Waals surface area (Å²) in [7, 11) is 0. The second kappa shape index (κ2) is 8.90. The van der Waals surface area contributed by atoms with Crippen LogP contribution < -0.4 is 10.2 Å². The quantitative estimate of drug-likeness (QED) is 0.304. The summed E-state index contributed by atoms with van der Waals surface area (Å²) in [6.07, 6.45) is 11.8. The highest BCUT2D eigenvalue weighted by atomic mass is 35.5. The van der Waals surface area contributed by atoms with Crippen molar-refractivity contribution in [2.24, 2.45) is 0 Å². The maximum absolute atomic E-state index is 13.9. The van der Waals surface area contributed by atoms with Gasteiger partial charge in [-0.05, 0) is 42.5 Å². The molecule has 0 spiro atoms. The summed E-state index contributed by atoms with van der Waals surface area (Å²) in [5.74, 6) is -0.276. The van der Waals surface area contributed by atoms with E-state index in [0.29, 0.717) is 10.7 Å². The fourth-order valence-corrected chi connectivity index (χ4v) is 7.85. The summed E-state index contributed by atoms with van der Waals surface area (Å²) in [5, 5.41) is 9.17. The lowest BCUT2D eigenvalue weighted by Crippen LogP contribution is -2.60. The maximum Gasteiger partial charge on any atom is 0.329 e. The first kappa shape index (κ1) is 23.7. The van der Waals surface area contributed by atoms with E-state index < -0.39 is 17.3 Å². The summed E-state index contributed by atoms with van der Waals surface area (Å²) in [4.78, 5) is 38.0. The molecule has 8 rings (SSSR count). The van der Waals surface area contributed by atoms with E-state index in [-0.39, 0.29) is 5.91 Å². The molecule has 3 amide bonds. The van der Waals surface area contributed by atoms with Gasteiger partial charge in [0.15, 0.2) is 5.65 Å². The number of pyridine rings is 2. The van der Waals surface area contributed by atoms with Gasteiger partial charge in [0, 0.05) is 49.8 Å². The number of carbonyl (C=O) groups is 2. The predicted octanol–water partition coefficient (Wildman–Crippen LogP) is 5.67. The number of nitrogens with one attached hydrogen (secondary N) is 1. The Balaban J connectivity index is 1.20. The molecular formula is C30H21ClN6O2S. The Morgan fingerprint density at radius 2 is 1.88 bits per heavy atom. The van der Waals surface area contributed by atoms with Crippen molar-refractivity contribution in [3.05, 3.63) is 95.2 Å². The van der Waals surface area contributed by atoms with Crippen molar-refractivity contribution < 1.29 is 9.59 Å². The summed E-state index contributed by atoms with van der Waals surface area (Å²) in [5.41, 5.74) is 6.78. The molecule has 196 valence electrons. The molecule has 1 fully saturated rings. The number of rotatable bonds is 3. The van der Waals surface area contributed by atoms with Crippen LogP contribution >= 0.6 is 23.4 Å². The fraction of sp³-hybridized carbons (Fsp3) is 0.167. The molecule has 0 saturated carbocycles. The zero-order chi connectivity index (χ0) is 27.0. The molecule has 2 unspecified atom stereocenters. The van der Waals surface area contributed by atoms with Crippen LogP contribution in [-0.4, -0.2) is 42.8 Å². The van der Waals surface area contributed by atoms with Gasteiger partial charge in [-0.3, -0.25) is 9.78 Å². The number of benzene rings is 2. The van der Waals surface area contributed by atoms with Gasteiger partial charge in [0.05, 0.1) is 17.9 Å². The van der Waals surface area contributed by atoms with E-state index in [2.05, 4.69) is 26.4 Å². The molecule has 40 heavy (non-hydrogen) atoms. The molecule has 5 heterocycles. The number of hydrogen-bond acceptors (Lipinski definition) is 6. The minimum Gasteiger partial charge on any atom is -0.329 e. The Labute approximate surface area is 238 Å². The average Bonchev–Trinajstić information content (AvgIpc) is 3.72. The van der Waals surface area contributed by atoms with E-state index in [4.69, 9.17) is 11.6 Å². The number of carbonyl (C=O) groups excluding carboxylic acids is 2. The Morgan fingerprint density at radius 3 is 2.80 bits per heavy atom. The third-order valence-corrected chi connectivity index (χ3v) is 9.60. The molecule has 2 aliphatic heterocycles. The van der Waals surface area contributed by atoms with Gasteiger partial charge in [-0.25, -0.2) is 19.2 Å². The third-order valence-electron chi connectivity index (χ3n) is 7.94. The maximum atomic E-state index is 13.9. The molecular weight excluding hydrogens is 544 g/mol. The van der Waals surface area contributed by atoms with Gasteiger partial charge in [0.25, 0.3) is 5.91 Å². The monoisotopic (exact) mass is 564 g/mol. The number of nitrogens with zero attached hydrogens (tertiary/aromatic N) is 5. The van der Waals surface area contributed by atoms with Crippen molar-refractivity contribution in [2.75, 3.05) is 4.90 Å². The number of urea groups is 1. The number of hydrogen-bond donors (Lipinski definition) is 1. The first-order chi connectivity index (χ1) is 19.6. The zero-order valence-electron chi connectivity index (χ0n) is 21.0. The lowest BCUT2D eigenvalue weighted by Gasteiger charge is -2.33. The van der Waals surface area contributed by atoms with Crippen LogP contribution in [-0.2, 0) is 17.6 Å². The number of thioether (sulfide) groups is 1. The largest absolute Gasteiger partial charge is 0.329 e. The van der Waals surface area contributed by atoms with E-state index in [0.717, 1.165) is 57.3 Å². The number of amides is 3. The zero-order valence-corrected chi connectivity index (χ0v) is 22.6. The Hall–Kier alpha value is -4.21. The highest BCUT2D eigenvalue weighted by Crippen LogP contribution is 2.49. The Kier molecular flexibility index (Phi) is 5.27. The molecule has 0 bridgehead atoms. The average molecular weight is 565 g/mol. The van der Waals surface area contributed by atoms with Gasteiger partial charge in [-0.1, -0.05) is 48.0 Å². The topological polar surface area (TPSA) is 92.5 Å². The lowest BCUT2D eigenvalue weighted by molar-refractivity contribution is -0.118. The van der Waals surface area contributed by atoms with Crippen molar-refractivity contribution in [1.29, 1.82) is 0 Å². The minimum absolute atomic E-state index is 0.276. The van der Waals surface area contributed by atoms with E-state index in [1.165, 1.54) is 27.8 Å². The molecule has 5 aromatic rings. The standard InChI is InChI=1S/C30H21ClN6O2S/c31-22-10-4-8-19(21-14-36-28(33-15-34-36)20-9-3-7-18(20)21)26(22)25-11-23-27(40-25)29(38)37(30(39)35-23)24-13-32-12-16-5-1-2-6-17(16)24/h1-2,4-6,8,10-15,23,27H,3,7,9H2,(H,35,39). The molecule has 2 atom stereocenters. The van der Waals surface area contributed by atoms with Crippen LogP contribution in [0.2, 0.25) is 5.02 Å². The van der Waals surface area contributed by atoms with Crippen molar-refractivity contribution in [2.45, 2.75) is 30.6 Å². The van der Waals surface area contributed by atoms with Crippen LogP contribution in [0.4, 0.5) is 10.5 Å². The molecule has 1 aliphatic carbocycles.